The van der Waals surface area contributed by atoms with E-state index in [4.69, 9.17) is 10.5 Å². The van der Waals surface area contributed by atoms with E-state index in [2.05, 4.69) is 0 Å². The minimum Gasteiger partial charge on any atom is -0.463 e. The average molecular weight is 233 g/mol. The minimum absolute atomic E-state index is 0.0439. The highest BCUT2D eigenvalue weighted by molar-refractivity contribution is 5.96. The van der Waals surface area contributed by atoms with Crippen molar-refractivity contribution in [3.8, 4) is 0 Å². The molecule has 90 valence electrons. The highest BCUT2D eigenvalue weighted by Gasteiger charge is 2.02. The van der Waals surface area contributed by atoms with Gasteiger partial charge in [0, 0.05) is 17.3 Å². The van der Waals surface area contributed by atoms with E-state index >= 15 is 0 Å². The Morgan fingerprint density at radius 3 is 2.65 bits per heavy atom. The number of rotatable bonds is 4. The zero-order valence-corrected chi connectivity index (χ0v) is 9.90. The second-order valence-electron chi connectivity index (χ2n) is 3.49. The van der Waals surface area contributed by atoms with Gasteiger partial charge in [-0.25, -0.2) is 4.79 Å². The normalized spacial score (nSPS) is 10.5. The van der Waals surface area contributed by atoms with Gasteiger partial charge < -0.3 is 10.5 Å². The van der Waals surface area contributed by atoms with Crippen molar-refractivity contribution in [1.29, 1.82) is 0 Å². The van der Waals surface area contributed by atoms with Crippen LogP contribution in [0.3, 0.4) is 0 Å². The van der Waals surface area contributed by atoms with Gasteiger partial charge in [0.25, 0.3) is 0 Å². The highest BCUT2D eigenvalue weighted by Crippen LogP contribution is 2.16. The third-order valence-electron chi connectivity index (χ3n) is 2.18. The van der Waals surface area contributed by atoms with Gasteiger partial charge in [-0.2, -0.15) is 0 Å². The Kier molecular flexibility index (Phi) is 4.46. The number of ether oxygens (including phenoxy) is 1. The van der Waals surface area contributed by atoms with Crippen LogP contribution in [0.25, 0.3) is 6.08 Å². The summed E-state index contributed by atoms with van der Waals surface area (Å²) in [6.07, 6.45) is 2.87. The first-order chi connectivity index (χ1) is 8.04. The molecule has 0 unspecified atom stereocenters. The van der Waals surface area contributed by atoms with Crippen molar-refractivity contribution in [2.45, 2.75) is 13.8 Å². The topological polar surface area (TPSA) is 69.4 Å². The number of carbonyl (C=O) groups excluding carboxylic acids is 2. The maximum absolute atomic E-state index is 11.1. The molecule has 1 rings (SSSR count). The number of ketones is 1. The molecule has 4 heteroatoms. The first-order valence-electron chi connectivity index (χ1n) is 5.30. The van der Waals surface area contributed by atoms with E-state index < -0.39 is 5.97 Å². The maximum atomic E-state index is 11.1. The second kappa shape index (κ2) is 5.84. The van der Waals surface area contributed by atoms with E-state index in [1.54, 1.807) is 31.2 Å². The third-order valence-corrected chi connectivity index (χ3v) is 2.18. The lowest BCUT2D eigenvalue weighted by Gasteiger charge is -2.02. The zero-order chi connectivity index (χ0) is 12.8. The summed E-state index contributed by atoms with van der Waals surface area (Å²) < 4.78 is 4.74. The van der Waals surface area contributed by atoms with Crippen molar-refractivity contribution in [1.82, 2.24) is 0 Å². The van der Waals surface area contributed by atoms with E-state index in [1.807, 2.05) is 0 Å². The predicted molar refractivity (Wildman–Crippen MR) is 66.5 cm³/mol. The van der Waals surface area contributed by atoms with Crippen molar-refractivity contribution in [3.05, 3.63) is 35.4 Å². The van der Waals surface area contributed by atoms with Crippen molar-refractivity contribution in [2.24, 2.45) is 0 Å². The number of benzene rings is 1. The number of hydrogen-bond donors (Lipinski definition) is 1. The maximum Gasteiger partial charge on any atom is 0.330 e. The number of Topliss-reactive ketones (excluding diaryl/α,β-unsaturated/α-hetero) is 1. The molecule has 1 aromatic rings. The molecule has 0 bridgehead atoms. The first kappa shape index (κ1) is 13.0. The van der Waals surface area contributed by atoms with Crippen LogP contribution >= 0.6 is 0 Å². The summed E-state index contributed by atoms with van der Waals surface area (Å²) in [6.45, 7) is 3.55. The number of nitrogen functional groups attached to an aromatic ring is 1. The van der Waals surface area contributed by atoms with Crippen LogP contribution in [0.1, 0.15) is 29.8 Å². The lowest BCUT2D eigenvalue weighted by molar-refractivity contribution is -0.137. The number of hydrogen-bond acceptors (Lipinski definition) is 4. The van der Waals surface area contributed by atoms with Gasteiger partial charge in [0.05, 0.1) is 6.61 Å². The van der Waals surface area contributed by atoms with Crippen molar-refractivity contribution < 1.29 is 14.3 Å². The average Bonchev–Trinajstić information content (AvgIpc) is 2.27. The Balaban J connectivity index is 2.86. The van der Waals surface area contributed by atoms with Crippen molar-refractivity contribution in [3.63, 3.8) is 0 Å². The van der Waals surface area contributed by atoms with Crippen molar-refractivity contribution in [2.75, 3.05) is 12.3 Å². The summed E-state index contributed by atoms with van der Waals surface area (Å²) >= 11 is 0. The van der Waals surface area contributed by atoms with Gasteiger partial charge in [-0.3, -0.25) is 4.79 Å². The van der Waals surface area contributed by atoms with Gasteiger partial charge in [-0.1, -0.05) is 12.1 Å². The molecule has 0 atom stereocenters. The standard InChI is InChI=1S/C13H15NO3/c1-3-17-13(16)7-6-10-4-5-11(9(2)15)8-12(10)14/h4-8H,3,14H2,1-2H3. The summed E-state index contributed by atoms with van der Waals surface area (Å²) in [4.78, 5) is 22.2. The molecule has 0 aromatic heterocycles. The Morgan fingerprint density at radius 1 is 1.41 bits per heavy atom. The van der Waals surface area contributed by atoms with Gasteiger partial charge in [0.1, 0.15) is 0 Å². The fraction of sp³-hybridized carbons (Fsp3) is 0.231. The van der Waals surface area contributed by atoms with Crippen LogP contribution in [0.4, 0.5) is 5.69 Å². The number of esters is 1. The number of nitrogens with two attached hydrogens (primary N) is 1. The van der Waals surface area contributed by atoms with Crippen LogP contribution in [0.2, 0.25) is 0 Å². The fourth-order valence-electron chi connectivity index (χ4n) is 1.29. The Bertz CT molecular complexity index is 464. The van der Waals surface area contributed by atoms with Crippen LogP contribution in [-0.2, 0) is 9.53 Å². The molecule has 2 N–H and O–H groups in total. The van der Waals surface area contributed by atoms with E-state index in [0.29, 0.717) is 23.4 Å². The molecule has 0 heterocycles. The monoisotopic (exact) mass is 233 g/mol. The molecule has 0 aliphatic carbocycles. The highest BCUT2D eigenvalue weighted by atomic mass is 16.5. The Labute approximate surface area is 100 Å². The quantitative estimate of drug-likeness (QED) is 0.374. The molecule has 0 saturated carbocycles. The molecule has 0 spiro atoms. The molecule has 0 radical (unpaired) electrons. The molecular formula is C13H15NO3. The summed E-state index contributed by atoms with van der Waals surface area (Å²) in [7, 11) is 0. The summed E-state index contributed by atoms with van der Waals surface area (Å²) in [6, 6.07) is 4.96. The summed E-state index contributed by atoms with van der Waals surface area (Å²) in [5.41, 5.74) is 7.46. The smallest absolute Gasteiger partial charge is 0.330 e. The summed E-state index contributed by atoms with van der Waals surface area (Å²) in [5.74, 6) is -0.458. The number of carbonyl (C=O) groups is 2. The molecule has 0 amide bonds. The van der Waals surface area contributed by atoms with E-state index in [9.17, 15) is 9.59 Å². The largest absolute Gasteiger partial charge is 0.463 e. The molecule has 0 aliphatic rings. The second-order valence-corrected chi connectivity index (χ2v) is 3.49. The van der Waals surface area contributed by atoms with E-state index in [-0.39, 0.29) is 5.78 Å². The lowest BCUT2D eigenvalue weighted by atomic mass is 10.1. The van der Waals surface area contributed by atoms with Crippen LogP contribution in [-0.4, -0.2) is 18.4 Å². The lowest BCUT2D eigenvalue weighted by Crippen LogP contribution is -2.00. The first-order valence-corrected chi connectivity index (χ1v) is 5.30. The molecular weight excluding hydrogens is 218 g/mol. The molecule has 0 aliphatic heterocycles. The van der Waals surface area contributed by atoms with Gasteiger partial charge in [0.2, 0.25) is 0 Å². The Hall–Kier alpha value is -2.10. The zero-order valence-electron chi connectivity index (χ0n) is 9.90. The van der Waals surface area contributed by atoms with Crippen LogP contribution < -0.4 is 5.73 Å². The molecule has 0 fully saturated rings. The van der Waals surface area contributed by atoms with Crippen LogP contribution in [0.5, 0.6) is 0 Å². The van der Waals surface area contributed by atoms with Gasteiger partial charge >= 0.3 is 5.97 Å². The Morgan fingerprint density at radius 2 is 2.12 bits per heavy atom. The van der Waals surface area contributed by atoms with Crippen LogP contribution in [0, 0.1) is 0 Å². The molecule has 1 aromatic carbocycles. The molecule has 17 heavy (non-hydrogen) atoms. The summed E-state index contributed by atoms with van der Waals surface area (Å²) in [5, 5.41) is 0. The van der Waals surface area contributed by atoms with Crippen molar-refractivity contribution >= 4 is 23.5 Å². The molecule has 4 nitrogen and oxygen atoms in total. The van der Waals surface area contributed by atoms with Gasteiger partial charge in [-0.15, -0.1) is 0 Å². The van der Waals surface area contributed by atoms with Gasteiger partial charge in [-0.05, 0) is 31.6 Å². The van der Waals surface area contributed by atoms with E-state index in [1.165, 1.54) is 13.0 Å². The van der Waals surface area contributed by atoms with Crippen LogP contribution in [0.15, 0.2) is 24.3 Å². The SMILES string of the molecule is CCOC(=O)C=Cc1ccc(C(C)=O)cc1N. The third kappa shape index (κ3) is 3.75. The minimum atomic E-state index is -0.414. The predicted octanol–water partition coefficient (Wildman–Crippen LogP) is 2.05. The van der Waals surface area contributed by atoms with Gasteiger partial charge in [0.15, 0.2) is 5.78 Å². The fourth-order valence-corrected chi connectivity index (χ4v) is 1.29. The number of anilines is 1. The molecule has 0 saturated heterocycles. The van der Waals surface area contributed by atoms with E-state index in [0.717, 1.165) is 0 Å².